The Kier molecular flexibility index (Phi) is 4.04. The zero-order valence-electron chi connectivity index (χ0n) is 11.1. The molecule has 0 saturated carbocycles. The summed E-state index contributed by atoms with van der Waals surface area (Å²) >= 11 is 0. The molecule has 5 nitrogen and oxygen atoms in total. The third-order valence-corrected chi connectivity index (χ3v) is 3.28. The molecule has 0 unspecified atom stereocenters. The predicted octanol–water partition coefficient (Wildman–Crippen LogP) is 0.579. The minimum absolute atomic E-state index is 0.109. The number of hydrogen-bond acceptors (Lipinski definition) is 4. The topological polar surface area (TPSA) is 62.7 Å². The first-order valence-electron chi connectivity index (χ1n) is 6.32. The van der Waals surface area contributed by atoms with E-state index in [-0.39, 0.29) is 11.9 Å². The number of furan rings is 1. The SMILES string of the molecule is Cc1ccc(CN(C)C(=O)CN2CC[C@H](N)C2)o1. The lowest BCUT2D eigenvalue weighted by Crippen LogP contribution is -2.38. The molecule has 1 fully saturated rings. The number of aryl methyl sites for hydroxylation is 1. The van der Waals surface area contributed by atoms with E-state index < -0.39 is 0 Å². The molecule has 2 N–H and O–H groups in total. The van der Waals surface area contributed by atoms with Crippen LogP contribution in [-0.4, -0.2) is 48.4 Å². The Labute approximate surface area is 108 Å². The van der Waals surface area contributed by atoms with Crippen molar-refractivity contribution in [3.63, 3.8) is 0 Å². The van der Waals surface area contributed by atoms with E-state index in [0.29, 0.717) is 13.1 Å². The first-order valence-corrected chi connectivity index (χ1v) is 6.32. The van der Waals surface area contributed by atoms with E-state index in [1.54, 1.807) is 11.9 Å². The fourth-order valence-corrected chi connectivity index (χ4v) is 2.21. The maximum absolute atomic E-state index is 12.0. The van der Waals surface area contributed by atoms with Gasteiger partial charge in [0.1, 0.15) is 11.5 Å². The molecule has 0 radical (unpaired) electrons. The number of likely N-dealkylation sites (N-methyl/N-ethyl adjacent to an activating group) is 1. The van der Waals surface area contributed by atoms with Crippen molar-refractivity contribution < 1.29 is 9.21 Å². The van der Waals surface area contributed by atoms with Crippen molar-refractivity contribution >= 4 is 5.91 Å². The van der Waals surface area contributed by atoms with Crippen molar-refractivity contribution in [3.8, 4) is 0 Å². The van der Waals surface area contributed by atoms with Gasteiger partial charge in [0.15, 0.2) is 0 Å². The lowest BCUT2D eigenvalue weighted by molar-refractivity contribution is -0.131. The molecule has 1 amide bonds. The highest BCUT2D eigenvalue weighted by Crippen LogP contribution is 2.10. The number of carbonyl (C=O) groups excluding carboxylic acids is 1. The van der Waals surface area contributed by atoms with Crippen LogP contribution in [0.3, 0.4) is 0 Å². The van der Waals surface area contributed by atoms with Crippen LogP contribution in [0.25, 0.3) is 0 Å². The molecule has 0 aliphatic carbocycles. The second-order valence-corrected chi connectivity index (χ2v) is 5.05. The number of nitrogens with zero attached hydrogens (tertiary/aromatic N) is 2. The summed E-state index contributed by atoms with van der Waals surface area (Å²) in [6, 6.07) is 4.04. The molecule has 1 saturated heterocycles. The molecule has 0 aromatic carbocycles. The normalized spacial score (nSPS) is 20.3. The quantitative estimate of drug-likeness (QED) is 0.850. The molecule has 1 aliphatic heterocycles. The molecule has 1 aliphatic rings. The first-order chi connectivity index (χ1) is 8.54. The number of likely N-dealkylation sites (tertiary alicyclic amines) is 1. The van der Waals surface area contributed by atoms with E-state index in [0.717, 1.165) is 31.0 Å². The van der Waals surface area contributed by atoms with E-state index >= 15 is 0 Å². The van der Waals surface area contributed by atoms with Crippen molar-refractivity contribution in [2.75, 3.05) is 26.7 Å². The Morgan fingerprint density at radius 2 is 2.39 bits per heavy atom. The van der Waals surface area contributed by atoms with E-state index in [4.69, 9.17) is 10.2 Å². The van der Waals surface area contributed by atoms with E-state index in [1.807, 2.05) is 19.1 Å². The molecular formula is C13H21N3O2. The summed E-state index contributed by atoms with van der Waals surface area (Å²) in [6.07, 6.45) is 0.981. The standard InChI is InChI=1S/C13H21N3O2/c1-10-3-4-12(18-10)8-15(2)13(17)9-16-6-5-11(14)7-16/h3-4,11H,5-9,14H2,1-2H3/t11-/m0/s1. The molecule has 1 aromatic rings. The van der Waals surface area contributed by atoms with Crippen LogP contribution in [-0.2, 0) is 11.3 Å². The molecule has 0 spiro atoms. The molecule has 2 heterocycles. The summed E-state index contributed by atoms with van der Waals surface area (Å²) in [4.78, 5) is 15.8. The van der Waals surface area contributed by atoms with Crippen LogP contribution in [0.4, 0.5) is 0 Å². The van der Waals surface area contributed by atoms with Gasteiger partial charge in [-0.1, -0.05) is 0 Å². The molecular weight excluding hydrogens is 230 g/mol. The van der Waals surface area contributed by atoms with Gasteiger partial charge < -0.3 is 15.1 Å². The Hall–Kier alpha value is -1.33. The van der Waals surface area contributed by atoms with E-state index in [2.05, 4.69) is 4.90 Å². The highest BCUT2D eigenvalue weighted by molar-refractivity contribution is 5.77. The van der Waals surface area contributed by atoms with Gasteiger partial charge in [-0.3, -0.25) is 9.69 Å². The average Bonchev–Trinajstić information content (AvgIpc) is 2.88. The Bertz CT molecular complexity index is 416. The second-order valence-electron chi connectivity index (χ2n) is 5.05. The van der Waals surface area contributed by atoms with Crippen LogP contribution in [0.1, 0.15) is 17.9 Å². The van der Waals surface area contributed by atoms with Gasteiger partial charge in [0, 0.05) is 26.2 Å². The number of nitrogens with two attached hydrogens (primary N) is 1. The maximum atomic E-state index is 12.0. The smallest absolute Gasteiger partial charge is 0.236 e. The first kappa shape index (κ1) is 13.1. The van der Waals surface area contributed by atoms with Crippen molar-refractivity contribution in [2.45, 2.75) is 25.9 Å². The molecule has 100 valence electrons. The summed E-state index contributed by atoms with van der Waals surface area (Å²) < 4.78 is 5.46. The summed E-state index contributed by atoms with van der Waals surface area (Å²) in [6.45, 7) is 4.60. The van der Waals surface area contributed by atoms with Crippen LogP contribution in [0.2, 0.25) is 0 Å². The Morgan fingerprint density at radius 1 is 1.61 bits per heavy atom. The van der Waals surface area contributed by atoms with Gasteiger partial charge in [-0.2, -0.15) is 0 Å². The number of carbonyl (C=O) groups is 1. The molecule has 1 atom stereocenters. The zero-order chi connectivity index (χ0) is 13.1. The Balaban J connectivity index is 1.81. The lowest BCUT2D eigenvalue weighted by atomic mass is 10.3. The number of rotatable bonds is 4. The van der Waals surface area contributed by atoms with Crippen molar-refractivity contribution in [1.82, 2.24) is 9.80 Å². The van der Waals surface area contributed by atoms with Gasteiger partial charge in [0.25, 0.3) is 0 Å². The van der Waals surface area contributed by atoms with Crippen LogP contribution in [0.15, 0.2) is 16.5 Å². The van der Waals surface area contributed by atoms with Gasteiger partial charge in [0.05, 0.1) is 13.1 Å². The summed E-state index contributed by atoms with van der Waals surface area (Å²) in [5.41, 5.74) is 5.82. The van der Waals surface area contributed by atoms with Gasteiger partial charge >= 0.3 is 0 Å². The van der Waals surface area contributed by atoms with Gasteiger partial charge in [-0.25, -0.2) is 0 Å². The third-order valence-electron chi connectivity index (χ3n) is 3.28. The molecule has 0 bridgehead atoms. The average molecular weight is 251 g/mol. The molecule has 2 rings (SSSR count). The van der Waals surface area contributed by atoms with Gasteiger partial charge in [0.2, 0.25) is 5.91 Å². The summed E-state index contributed by atoms with van der Waals surface area (Å²) in [5.74, 6) is 1.80. The van der Waals surface area contributed by atoms with Crippen LogP contribution in [0.5, 0.6) is 0 Å². The highest BCUT2D eigenvalue weighted by atomic mass is 16.3. The van der Waals surface area contributed by atoms with E-state index in [9.17, 15) is 4.79 Å². The van der Waals surface area contributed by atoms with Gasteiger partial charge in [-0.15, -0.1) is 0 Å². The lowest BCUT2D eigenvalue weighted by Gasteiger charge is -2.20. The van der Waals surface area contributed by atoms with Gasteiger partial charge in [-0.05, 0) is 25.5 Å². The largest absolute Gasteiger partial charge is 0.464 e. The fourth-order valence-electron chi connectivity index (χ4n) is 2.21. The molecule has 1 aromatic heterocycles. The second kappa shape index (κ2) is 5.54. The predicted molar refractivity (Wildman–Crippen MR) is 69.0 cm³/mol. The van der Waals surface area contributed by atoms with Crippen LogP contribution < -0.4 is 5.73 Å². The molecule has 18 heavy (non-hydrogen) atoms. The number of amides is 1. The monoisotopic (exact) mass is 251 g/mol. The zero-order valence-corrected chi connectivity index (χ0v) is 11.1. The van der Waals surface area contributed by atoms with Crippen molar-refractivity contribution in [2.24, 2.45) is 5.73 Å². The van der Waals surface area contributed by atoms with Crippen molar-refractivity contribution in [1.29, 1.82) is 0 Å². The summed E-state index contributed by atoms with van der Waals surface area (Å²) in [7, 11) is 1.80. The highest BCUT2D eigenvalue weighted by Gasteiger charge is 2.22. The third kappa shape index (κ3) is 3.34. The maximum Gasteiger partial charge on any atom is 0.236 e. The van der Waals surface area contributed by atoms with Crippen molar-refractivity contribution in [3.05, 3.63) is 23.7 Å². The van der Waals surface area contributed by atoms with E-state index in [1.165, 1.54) is 0 Å². The summed E-state index contributed by atoms with van der Waals surface area (Å²) in [5, 5.41) is 0. The molecule has 5 heteroatoms. The fraction of sp³-hybridized carbons (Fsp3) is 0.615. The van der Waals surface area contributed by atoms with Crippen LogP contribution >= 0.6 is 0 Å². The Morgan fingerprint density at radius 3 is 2.94 bits per heavy atom. The number of hydrogen-bond donors (Lipinski definition) is 1. The van der Waals surface area contributed by atoms with Crippen LogP contribution in [0, 0.1) is 6.92 Å². The minimum atomic E-state index is 0.109. The minimum Gasteiger partial charge on any atom is -0.464 e.